The van der Waals surface area contributed by atoms with Gasteiger partial charge in [-0.1, -0.05) is 12.1 Å². The normalized spacial score (nSPS) is 21.4. The molecule has 0 unspecified atom stereocenters. The number of carbonyl (C=O) groups excluding carboxylic acids is 1. The van der Waals surface area contributed by atoms with E-state index in [-0.39, 0.29) is 5.91 Å². The molecular weight excluding hydrogens is 276 g/mol. The van der Waals surface area contributed by atoms with Crippen molar-refractivity contribution in [2.75, 3.05) is 27.2 Å². The first kappa shape index (κ1) is 16.6. The van der Waals surface area contributed by atoms with Gasteiger partial charge in [-0.05, 0) is 50.4 Å². The molecule has 0 aromatic heterocycles. The molecule has 120 valence electrons. The Labute approximate surface area is 133 Å². The molecule has 1 aliphatic rings. The molecule has 0 atom stereocenters. The predicted octanol–water partition coefficient (Wildman–Crippen LogP) is 3.05. The van der Waals surface area contributed by atoms with Crippen LogP contribution in [0.2, 0.25) is 0 Å². The molecule has 0 bridgehead atoms. The highest BCUT2D eigenvalue weighted by Crippen LogP contribution is 2.28. The van der Waals surface area contributed by atoms with Gasteiger partial charge in [0.1, 0.15) is 5.75 Å². The van der Waals surface area contributed by atoms with E-state index in [2.05, 4.69) is 12.2 Å². The van der Waals surface area contributed by atoms with Crippen LogP contribution in [-0.4, -0.2) is 38.1 Å². The van der Waals surface area contributed by atoms with Crippen LogP contribution in [0.25, 0.3) is 5.70 Å². The van der Waals surface area contributed by atoms with Crippen LogP contribution in [-0.2, 0) is 4.79 Å². The number of methoxy groups -OCH3 is 1. The van der Waals surface area contributed by atoms with E-state index < -0.39 is 0 Å². The lowest BCUT2D eigenvalue weighted by molar-refractivity contribution is -0.126. The number of nitrogens with zero attached hydrogens (tertiary/aromatic N) is 1. The van der Waals surface area contributed by atoms with E-state index >= 15 is 0 Å². The molecule has 0 saturated heterocycles. The second-order valence-electron chi connectivity index (χ2n) is 5.77. The minimum Gasteiger partial charge on any atom is -0.497 e. The zero-order valence-corrected chi connectivity index (χ0v) is 13.8. The number of amides is 1. The second-order valence-corrected chi connectivity index (χ2v) is 5.77. The van der Waals surface area contributed by atoms with E-state index in [1.54, 1.807) is 12.0 Å². The summed E-state index contributed by atoms with van der Waals surface area (Å²) in [4.78, 5) is 14.3. The van der Waals surface area contributed by atoms with Crippen molar-refractivity contribution < 1.29 is 9.53 Å². The van der Waals surface area contributed by atoms with Crippen molar-refractivity contribution in [1.29, 1.82) is 0 Å². The van der Waals surface area contributed by atoms with Gasteiger partial charge in [0, 0.05) is 31.3 Å². The van der Waals surface area contributed by atoms with E-state index in [1.807, 2.05) is 31.3 Å². The minimum absolute atomic E-state index is 0.145. The SMILES string of the molecule is COc1cccc(/C2=C(/C)CCCCNCCC(=O)N2C)c1. The average molecular weight is 302 g/mol. The molecule has 1 N–H and O–H groups in total. The van der Waals surface area contributed by atoms with Crippen LogP contribution in [0.5, 0.6) is 5.75 Å². The van der Waals surface area contributed by atoms with Gasteiger partial charge in [0.2, 0.25) is 5.91 Å². The molecule has 0 fully saturated rings. The van der Waals surface area contributed by atoms with Gasteiger partial charge < -0.3 is 15.0 Å². The number of benzene rings is 1. The Morgan fingerprint density at radius 3 is 2.77 bits per heavy atom. The smallest absolute Gasteiger partial charge is 0.228 e. The van der Waals surface area contributed by atoms with Gasteiger partial charge in [-0.15, -0.1) is 0 Å². The van der Waals surface area contributed by atoms with Crippen LogP contribution in [0.4, 0.5) is 0 Å². The Bertz CT molecular complexity index is 552. The lowest BCUT2D eigenvalue weighted by Gasteiger charge is -2.24. The summed E-state index contributed by atoms with van der Waals surface area (Å²) in [5.41, 5.74) is 3.32. The topological polar surface area (TPSA) is 41.6 Å². The monoisotopic (exact) mass is 302 g/mol. The maximum absolute atomic E-state index is 12.4. The molecule has 0 aliphatic carbocycles. The fraction of sp³-hybridized carbons (Fsp3) is 0.500. The zero-order valence-electron chi connectivity index (χ0n) is 13.8. The molecule has 0 saturated carbocycles. The number of carbonyl (C=O) groups is 1. The Morgan fingerprint density at radius 2 is 2.00 bits per heavy atom. The van der Waals surface area contributed by atoms with E-state index in [9.17, 15) is 4.79 Å². The summed E-state index contributed by atoms with van der Waals surface area (Å²) >= 11 is 0. The third kappa shape index (κ3) is 4.10. The zero-order chi connectivity index (χ0) is 15.9. The third-order valence-corrected chi connectivity index (χ3v) is 4.13. The number of rotatable bonds is 2. The summed E-state index contributed by atoms with van der Waals surface area (Å²) in [5.74, 6) is 0.959. The van der Waals surface area contributed by atoms with Crippen molar-refractivity contribution in [3.63, 3.8) is 0 Å². The summed E-state index contributed by atoms with van der Waals surface area (Å²) in [5, 5.41) is 3.34. The number of ether oxygens (including phenoxy) is 1. The van der Waals surface area contributed by atoms with Crippen molar-refractivity contribution in [3.8, 4) is 5.75 Å². The van der Waals surface area contributed by atoms with Crippen molar-refractivity contribution in [1.82, 2.24) is 10.2 Å². The van der Waals surface area contributed by atoms with Crippen LogP contribution in [0.1, 0.15) is 38.2 Å². The maximum atomic E-state index is 12.4. The van der Waals surface area contributed by atoms with Gasteiger partial charge in [0.15, 0.2) is 0 Å². The summed E-state index contributed by atoms with van der Waals surface area (Å²) in [6.45, 7) is 3.86. The van der Waals surface area contributed by atoms with E-state index in [0.717, 1.165) is 49.4 Å². The first-order chi connectivity index (χ1) is 10.6. The first-order valence-corrected chi connectivity index (χ1v) is 7.95. The molecule has 1 aromatic carbocycles. The van der Waals surface area contributed by atoms with E-state index in [1.165, 1.54) is 5.57 Å². The highest BCUT2D eigenvalue weighted by molar-refractivity contribution is 5.87. The maximum Gasteiger partial charge on any atom is 0.228 e. The second kappa shape index (κ2) is 7.99. The fourth-order valence-corrected chi connectivity index (χ4v) is 2.87. The molecule has 1 heterocycles. The van der Waals surface area contributed by atoms with Crippen LogP contribution >= 0.6 is 0 Å². The highest BCUT2D eigenvalue weighted by Gasteiger charge is 2.18. The highest BCUT2D eigenvalue weighted by atomic mass is 16.5. The number of hydrogen-bond acceptors (Lipinski definition) is 3. The third-order valence-electron chi connectivity index (χ3n) is 4.13. The van der Waals surface area contributed by atoms with Crippen molar-refractivity contribution in [2.24, 2.45) is 0 Å². The standard InChI is InChI=1S/C18H26N2O2/c1-14-7-4-5-11-19-12-10-17(21)20(2)18(14)15-8-6-9-16(13-15)22-3/h6,8-9,13,19H,4-5,7,10-12H2,1-3H3/b18-14+. The van der Waals surface area contributed by atoms with Crippen LogP contribution in [0.15, 0.2) is 29.8 Å². The van der Waals surface area contributed by atoms with E-state index in [0.29, 0.717) is 6.42 Å². The molecule has 22 heavy (non-hydrogen) atoms. The fourth-order valence-electron chi connectivity index (χ4n) is 2.87. The van der Waals surface area contributed by atoms with Crippen LogP contribution < -0.4 is 10.1 Å². The molecule has 2 rings (SSSR count). The number of allylic oxidation sites excluding steroid dienone is 1. The molecule has 0 radical (unpaired) electrons. The molecule has 4 heteroatoms. The summed E-state index contributed by atoms with van der Waals surface area (Å²) in [6, 6.07) is 7.94. The predicted molar refractivity (Wildman–Crippen MR) is 89.7 cm³/mol. The number of nitrogens with one attached hydrogen (secondary N) is 1. The summed E-state index contributed by atoms with van der Waals surface area (Å²) < 4.78 is 5.33. The summed E-state index contributed by atoms with van der Waals surface area (Å²) in [7, 11) is 3.54. The van der Waals surface area contributed by atoms with Gasteiger partial charge in [0.25, 0.3) is 0 Å². The Balaban J connectivity index is 2.40. The molecular formula is C18H26N2O2. The molecule has 1 aliphatic heterocycles. The summed E-state index contributed by atoms with van der Waals surface area (Å²) in [6.07, 6.45) is 3.80. The van der Waals surface area contributed by atoms with Gasteiger partial charge >= 0.3 is 0 Å². The Kier molecular flexibility index (Phi) is 6.01. The van der Waals surface area contributed by atoms with Gasteiger partial charge in [-0.25, -0.2) is 0 Å². The first-order valence-electron chi connectivity index (χ1n) is 7.95. The van der Waals surface area contributed by atoms with Crippen molar-refractivity contribution in [2.45, 2.75) is 32.6 Å². The largest absolute Gasteiger partial charge is 0.497 e. The van der Waals surface area contributed by atoms with Crippen molar-refractivity contribution in [3.05, 3.63) is 35.4 Å². The number of hydrogen-bond donors (Lipinski definition) is 1. The van der Waals surface area contributed by atoms with Gasteiger partial charge in [-0.3, -0.25) is 4.79 Å². The van der Waals surface area contributed by atoms with Gasteiger partial charge in [0.05, 0.1) is 7.11 Å². The van der Waals surface area contributed by atoms with Crippen LogP contribution in [0.3, 0.4) is 0 Å². The molecule has 4 nitrogen and oxygen atoms in total. The Morgan fingerprint density at radius 1 is 1.18 bits per heavy atom. The quantitative estimate of drug-likeness (QED) is 0.913. The van der Waals surface area contributed by atoms with Crippen molar-refractivity contribution >= 4 is 11.6 Å². The lowest BCUT2D eigenvalue weighted by atomic mass is 10.0. The lowest BCUT2D eigenvalue weighted by Crippen LogP contribution is -2.29. The molecule has 0 spiro atoms. The molecule has 1 amide bonds. The molecule has 1 aromatic rings. The van der Waals surface area contributed by atoms with E-state index in [4.69, 9.17) is 4.74 Å². The Hall–Kier alpha value is -1.81. The average Bonchev–Trinajstić information content (AvgIpc) is 2.55. The van der Waals surface area contributed by atoms with Crippen LogP contribution in [0, 0.1) is 0 Å². The minimum atomic E-state index is 0.145. The van der Waals surface area contributed by atoms with Gasteiger partial charge in [-0.2, -0.15) is 0 Å².